The lowest BCUT2D eigenvalue weighted by Gasteiger charge is -2.27. The third-order valence-corrected chi connectivity index (χ3v) is 3.89. The molecule has 7 heteroatoms. The summed E-state index contributed by atoms with van der Waals surface area (Å²) in [4.78, 5) is 7.27. The van der Waals surface area contributed by atoms with E-state index in [1.807, 2.05) is 0 Å². The predicted octanol–water partition coefficient (Wildman–Crippen LogP) is 3.36. The number of aliphatic hydroxyl groups excluding tert-OH is 1. The van der Waals surface area contributed by atoms with Crippen molar-refractivity contribution in [1.29, 1.82) is 0 Å². The molecule has 2 aromatic rings. The fraction of sp³-hybridized carbons (Fsp3) is 0.467. The Hall–Kier alpha value is -1.89. The fourth-order valence-electron chi connectivity index (χ4n) is 2.73. The topological polar surface area (TPSA) is 58.0 Å². The maximum atomic E-state index is 12.9. The van der Waals surface area contributed by atoms with Crippen molar-refractivity contribution in [3.05, 3.63) is 30.1 Å². The SMILES string of the molecule is OC1CCC(Nc2nc(C(F)(F)F)nc3ccccc23)CC1. The number of nitrogens with one attached hydrogen (secondary N) is 1. The first kappa shape index (κ1) is 15.0. The Morgan fingerprint density at radius 1 is 1.05 bits per heavy atom. The molecule has 1 aliphatic carbocycles. The van der Waals surface area contributed by atoms with Gasteiger partial charge in [-0.1, -0.05) is 12.1 Å². The van der Waals surface area contributed by atoms with Crippen LogP contribution in [0.25, 0.3) is 10.9 Å². The molecule has 118 valence electrons. The Kier molecular flexibility index (Phi) is 3.90. The van der Waals surface area contributed by atoms with E-state index in [0.29, 0.717) is 31.1 Å². The molecule has 0 saturated heterocycles. The lowest BCUT2D eigenvalue weighted by atomic mass is 9.93. The van der Waals surface area contributed by atoms with Crippen LogP contribution in [-0.2, 0) is 6.18 Å². The van der Waals surface area contributed by atoms with Crippen molar-refractivity contribution in [2.75, 3.05) is 5.32 Å². The minimum Gasteiger partial charge on any atom is -0.393 e. The summed E-state index contributed by atoms with van der Waals surface area (Å²) in [6.45, 7) is 0. The monoisotopic (exact) mass is 311 g/mol. The molecule has 3 rings (SSSR count). The first-order valence-corrected chi connectivity index (χ1v) is 7.22. The maximum Gasteiger partial charge on any atom is 0.451 e. The summed E-state index contributed by atoms with van der Waals surface area (Å²) in [5, 5.41) is 13.2. The summed E-state index contributed by atoms with van der Waals surface area (Å²) in [7, 11) is 0. The van der Waals surface area contributed by atoms with Crippen LogP contribution in [-0.4, -0.2) is 27.2 Å². The predicted molar refractivity (Wildman–Crippen MR) is 76.4 cm³/mol. The van der Waals surface area contributed by atoms with Gasteiger partial charge in [0.2, 0.25) is 5.82 Å². The molecule has 1 fully saturated rings. The molecule has 22 heavy (non-hydrogen) atoms. The van der Waals surface area contributed by atoms with E-state index < -0.39 is 12.0 Å². The molecule has 2 N–H and O–H groups in total. The molecular formula is C15H16F3N3O. The molecule has 0 radical (unpaired) electrons. The number of benzene rings is 1. The van der Waals surface area contributed by atoms with E-state index in [1.165, 1.54) is 0 Å². The summed E-state index contributed by atoms with van der Waals surface area (Å²) in [6, 6.07) is 6.66. The number of aliphatic hydroxyl groups is 1. The van der Waals surface area contributed by atoms with Gasteiger partial charge in [-0.05, 0) is 37.8 Å². The number of fused-ring (bicyclic) bond motifs is 1. The minimum absolute atomic E-state index is 0.0165. The smallest absolute Gasteiger partial charge is 0.393 e. The van der Waals surface area contributed by atoms with E-state index in [9.17, 15) is 18.3 Å². The zero-order chi connectivity index (χ0) is 15.7. The molecular weight excluding hydrogens is 295 g/mol. The van der Waals surface area contributed by atoms with Gasteiger partial charge in [-0.15, -0.1) is 0 Å². The van der Waals surface area contributed by atoms with Gasteiger partial charge in [-0.3, -0.25) is 0 Å². The standard InChI is InChI=1S/C15H16F3N3O/c16-15(17,18)14-20-12-4-2-1-3-11(12)13(21-14)19-9-5-7-10(22)8-6-9/h1-4,9-10,22H,5-8H2,(H,19,20,21). The van der Waals surface area contributed by atoms with Crippen molar-refractivity contribution in [2.24, 2.45) is 0 Å². The largest absolute Gasteiger partial charge is 0.451 e. The molecule has 4 nitrogen and oxygen atoms in total. The van der Waals surface area contributed by atoms with Crippen molar-refractivity contribution < 1.29 is 18.3 Å². The maximum absolute atomic E-state index is 12.9. The van der Waals surface area contributed by atoms with Gasteiger partial charge >= 0.3 is 6.18 Å². The summed E-state index contributed by atoms with van der Waals surface area (Å²) >= 11 is 0. The van der Waals surface area contributed by atoms with Gasteiger partial charge in [0.25, 0.3) is 0 Å². The van der Waals surface area contributed by atoms with Crippen LogP contribution in [0.15, 0.2) is 24.3 Å². The average molecular weight is 311 g/mol. The lowest BCUT2D eigenvalue weighted by molar-refractivity contribution is -0.144. The summed E-state index contributed by atoms with van der Waals surface area (Å²) in [6.07, 6.45) is -2.18. The Morgan fingerprint density at radius 2 is 1.73 bits per heavy atom. The molecule has 0 atom stereocenters. The first-order valence-electron chi connectivity index (χ1n) is 7.22. The number of para-hydroxylation sites is 1. The second-order valence-electron chi connectivity index (χ2n) is 5.56. The minimum atomic E-state index is -4.58. The van der Waals surface area contributed by atoms with E-state index in [0.717, 1.165) is 0 Å². The van der Waals surface area contributed by atoms with Crippen LogP contribution >= 0.6 is 0 Å². The fourth-order valence-corrected chi connectivity index (χ4v) is 2.73. The number of anilines is 1. The highest BCUT2D eigenvalue weighted by molar-refractivity contribution is 5.89. The van der Waals surface area contributed by atoms with Crippen LogP contribution in [0.1, 0.15) is 31.5 Å². The Bertz CT molecular complexity index is 667. The molecule has 1 heterocycles. The van der Waals surface area contributed by atoms with Gasteiger partial charge in [0.1, 0.15) is 5.82 Å². The van der Waals surface area contributed by atoms with Crippen LogP contribution in [0.2, 0.25) is 0 Å². The second-order valence-corrected chi connectivity index (χ2v) is 5.56. The molecule has 1 aliphatic rings. The van der Waals surface area contributed by atoms with Crippen molar-refractivity contribution in [1.82, 2.24) is 9.97 Å². The highest BCUT2D eigenvalue weighted by Crippen LogP contribution is 2.31. The van der Waals surface area contributed by atoms with Gasteiger partial charge in [-0.2, -0.15) is 13.2 Å². The third kappa shape index (κ3) is 3.14. The molecule has 0 unspecified atom stereocenters. The van der Waals surface area contributed by atoms with Crippen molar-refractivity contribution in [3.63, 3.8) is 0 Å². The van der Waals surface area contributed by atoms with Gasteiger partial charge < -0.3 is 10.4 Å². The van der Waals surface area contributed by atoms with Crippen LogP contribution < -0.4 is 5.32 Å². The van der Waals surface area contributed by atoms with Crippen molar-refractivity contribution in [3.8, 4) is 0 Å². The molecule has 1 aromatic heterocycles. The summed E-state index contributed by atoms with van der Waals surface area (Å²) < 4.78 is 38.8. The quantitative estimate of drug-likeness (QED) is 0.893. The number of hydrogen-bond donors (Lipinski definition) is 2. The number of halogens is 3. The Balaban J connectivity index is 1.96. The van der Waals surface area contributed by atoms with E-state index in [2.05, 4.69) is 15.3 Å². The van der Waals surface area contributed by atoms with Gasteiger partial charge in [0.15, 0.2) is 0 Å². The number of nitrogens with zero attached hydrogens (tertiary/aromatic N) is 2. The summed E-state index contributed by atoms with van der Waals surface area (Å²) in [5.74, 6) is -0.927. The molecule has 1 saturated carbocycles. The van der Waals surface area contributed by atoms with Gasteiger partial charge in [-0.25, -0.2) is 9.97 Å². The number of alkyl halides is 3. The zero-order valence-electron chi connectivity index (χ0n) is 11.8. The molecule has 0 amide bonds. The zero-order valence-corrected chi connectivity index (χ0v) is 11.8. The molecule has 0 aliphatic heterocycles. The second kappa shape index (κ2) is 5.72. The lowest BCUT2D eigenvalue weighted by Crippen LogP contribution is -2.29. The Morgan fingerprint density at radius 3 is 2.41 bits per heavy atom. The van der Waals surface area contributed by atoms with Crippen molar-refractivity contribution >= 4 is 16.7 Å². The van der Waals surface area contributed by atoms with Crippen LogP contribution in [0.3, 0.4) is 0 Å². The summed E-state index contributed by atoms with van der Waals surface area (Å²) in [5.41, 5.74) is 0.267. The average Bonchev–Trinajstić information content (AvgIpc) is 2.48. The van der Waals surface area contributed by atoms with E-state index >= 15 is 0 Å². The van der Waals surface area contributed by atoms with Crippen LogP contribution in [0.5, 0.6) is 0 Å². The van der Waals surface area contributed by atoms with E-state index in [-0.39, 0.29) is 23.5 Å². The molecule has 0 spiro atoms. The highest BCUT2D eigenvalue weighted by Gasteiger charge is 2.35. The number of hydrogen-bond acceptors (Lipinski definition) is 4. The molecule has 1 aromatic carbocycles. The van der Waals surface area contributed by atoms with Crippen LogP contribution in [0, 0.1) is 0 Å². The van der Waals surface area contributed by atoms with Gasteiger partial charge in [0, 0.05) is 11.4 Å². The number of rotatable bonds is 2. The third-order valence-electron chi connectivity index (χ3n) is 3.89. The first-order chi connectivity index (χ1) is 10.4. The van der Waals surface area contributed by atoms with Gasteiger partial charge in [0.05, 0.1) is 11.6 Å². The molecule has 0 bridgehead atoms. The van der Waals surface area contributed by atoms with Crippen molar-refractivity contribution in [2.45, 2.75) is 44.0 Å². The van der Waals surface area contributed by atoms with Crippen LogP contribution in [0.4, 0.5) is 19.0 Å². The number of aromatic nitrogens is 2. The normalized spacial score (nSPS) is 22.7. The van der Waals surface area contributed by atoms with E-state index in [4.69, 9.17) is 0 Å². The Labute approximate surface area is 125 Å². The highest BCUT2D eigenvalue weighted by atomic mass is 19.4. The van der Waals surface area contributed by atoms with E-state index in [1.54, 1.807) is 24.3 Å².